The highest BCUT2D eigenvalue weighted by molar-refractivity contribution is 7.92. The molecule has 2 amide bonds. The Kier molecular flexibility index (Phi) is 10.8. The molecule has 0 saturated heterocycles. The van der Waals surface area contributed by atoms with E-state index in [9.17, 15) is 18.0 Å². The number of benzene rings is 3. The Morgan fingerprint density at radius 1 is 0.950 bits per heavy atom. The topological polar surface area (TPSA) is 86.8 Å². The van der Waals surface area contributed by atoms with Crippen LogP contribution in [0.25, 0.3) is 0 Å². The summed E-state index contributed by atoms with van der Waals surface area (Å²) < 4.78 is 29.0. The molecule has 3 aromatic rings. The van der Waals surface area contributed by atoms with Crippen molar-refractivity contribution in [2.24, 2.45) is 0 Å². The molecule has 214 valence electrons. The van der Waals surface area contributed by atoms with Crippen molar-refractivity contribution in [2.45, 2.75) is 64.4 Å². The van der Waals surface area contributed by atoms with Gasteiger partial charge in [0.2, 0.25) is 11.8 Å². The summed E-state index contributed by atoms with van der Waals surface area (Å²) in [5.74, 6) is -0.777. The van der Waals surface area contributed by atoms with Crippen LogP contribution in [0.15, 0.2) is 77.7 Å². The van der Waals surface area contributed by atoms with E-state index in [1.54, 1.807) is 44.2 Å². The van der Waals surface area contributed by atoms with Gasteiger partial charge in [0.05, 0.1) is 10.6 Å². The maximum absolute atomic E-state index is 14.0. The molecule has 3 aromatic carbocycles. The van der Waals surface area contributed by atoms with Crippen LogP contribution in [0.4, 0.5) is 5.69 Å². The third kappa shape index (κ3) is 7.86. The molecular formula is C31H38ClN3O4S. The molecule has 0 saturated carbocycles. The van der Waals surface area contributed by atoms with E-state index in [0.717, 1.165) is 21.9 Å². The number of amides is 2. The lowest BCUT2D eigenvalue weighted by molar-refractivity contribution is -0.139. The summed E-state index contributed by atoms with van der Waals surface area (Å²) in [7, 11) is -4.15. The lowest BCUT2D eigenvalue weighted by atomic mass is 10.1. The third-order valence-corrected chi connectivity index (χ3v) is 8.99. The number of nitrogens with zero attached hydrogens (tertiary/aromatic N) is 2. The summed E-state index contributed by atoms with van der Waals surface area (Å²) in [6, 6.07) is 20.2. The van der Waals surface area contributed by atoms with E-state index in [2.05, 4.69) is 5.32 Å². The molecule has 0 unspecified atom stereocenters. The van der Waals surface area contributed by atoms with Gasteiger partial charge in [0, 0.05) is 17.6 Å². The number of aryl methyl sites for hydroxylation is 2. The zero-order chi connectivity index (χ0) is 29.4. The molecule has 0 aliphatic heterocycles. The Morgan fingerprint density at radius 3 is 2.23 bits per heavy atom. The number of sulfonamides is 1. The summed E-state index contributed by atoms with van der Waals surface area (Å²) in [5.41, 5.74) is 2.87. The van der Waals surface area contributed by atoms with Gasteiger partial charge in [0.1, 0.15) is 12.6 Å². The van der Waals surface area contributed by atoms with Crippen molar-refractivity contribution in [3.63, 3.8) is 0 Å². The van der Waals surface area contributed by atoms with E-state index in [1.807, 2.05) is 51.1 Å². The van der Waals surface area contributed by atoms with Gasteiger partial charge >= 0.3 is 0 Å². The molecule has 0 aromatic heterocycles. The first-order valence-electron chi connectivity index (χ1n) is 13.4. The molecule has 0 heterocycles. The van der Waals surface area contributed by atoms with Gasteiger partial charge in [-0.25, -0.2) is 8.42 Å². The minimum atomic E-state index is -4.15. The van der Waals surface area contributed by atoms with E-state index >= 15 is 0 Å². The minimum Gasteiger partial charge on any atom is -0.352 e. The standard InChI is InChI=1S/C31H38ClN3O4S/c1-6-24(4)33-31(37)25(5)34(19-18-26-10-8-7-9-11-26)30(36)21-35(29-20-27(32)15-14-23(29)3)40(38,39)28-16-12-22(2)13-17-28/h7-17,20,24-25H,6,18-19,21H2,1-5H3,(H,33,37)/t24-,25+/m0/s1. The van der Waals surface area contributed by atoms with Crippen LogP contribution < -0.4 is 9.62 Å². The number of nitrogens with one attached hydrogen (secondary N) is 1. The van der Waals surface area contributed by atoms with Gasteiger partial charge in [-0.3, -0.25) is 13.9 Å². The number of rotatable bonds is 12. The highest BCUT2D eigenvalue weighted by Crippen LogP contribution is 2.30. The summed E-state index contributed by atoms with van der Waals surface area (Å²) >= 11 is 6.28. The lowest BCUT2D eigenvalue weighted by Crippen LogP contribution is -2.53. The SMILES string of the molecule is CC[C@H](C)NC(=O)[C@@H](C)N(CCc1ccccc1)C(=O)CN(c1cc(Cl)ccc1C)S(=O)(=O)c1ccc(C)cc1. The van der Waals surface area contributed by atoms with Crippen LogP contribution in [-0.2, 0) is 26.0 Å². The molecule has 9 heteroatoms. The maximum atomic E-state index is 14.0. The Morgan fingerprint density at radius 2 is 1.60 bits per heavy atom. The normalized spacial score (nSPS) is 12.8. The molecule has 3 rings (SSSR count). The van der Waals surface area contributed by atoms with Gasteiger partial charge in [-0.1, -0.05) is 72.6 Å². The highest BCUT2D eigenvalue weighted by Gasteiger charge is 2.33. The van der Waals surface area contributed by atoms with E-state index in [-0.39, 0.29) is 23.4 Å². The van der Waals surface area contributed by atoms with E-state index in [4.69, 9.17) is 11.6 Å². The lowest BCUT2D eigenvalue weighted by Gasteiger charge is -2.33. The summed E-state index contributed by atoms with van der Waals surface area (Å²) in [4.78, 5) is 28.6. The molecule has 7 nitrogen and oxygen atoms in total. The minimum absolute atomic E-state index is 0.0590. The second kappa shape index (κ2) is 13.8. The second-order valence-corrected chi connectivity index (χ2v) is 12.4. The van der Waals surface area contributed by atoms with Gasteiger partial charge in [-0.2, -0.15) is 0 Å². The summed E-state index contributed by atoms with van der Waals surface area (Å²) in [5, 5.41) is 3.29. The van der Waals surface area contributed by atoms with Crippen LogP contribution in [0.2, 0.25) is 5.02 Å². The van der Waals surface area contributed by atoms with Crippen molar-refractivity contribution in [3.8, 4) is 0 Å². The average molecular weight is 584 g/mol. The van der Waals surface area contributed by atoms with Crippen molar-refractivity contribution in [1.29, 1.82) is 0 Å². The van der Waals surface area contributed by atoms with Crippen LogP contribution in [-0.4, -0.2) is 50.3 Å². The van der Waals surface area contributed by atoms with Crippen molar-refractivity contribution < 1.29 is 18.0 Å². The fourth-order valence-electron chi connectivity index (χ4n) is 4.24. The number of carbonyl (C=O) groups is 2. The van der Waals surface area contributed by atoms with Crippen molar-refractivity contribution >= 4 is 39.1 Å². The van der Waals surface area contributed by atoms with Gasteiger partial charge < -0.3 is 10.2 Å². The van der Waals surface area contributed by atoms with E-state index in [1.165, 1.54) is 17.0 Å². The largest absolute Gasteiger partial charge is 0.352 e. The molecule has 40 heavy (non-hydrogen) atoms. The number of hydrogen-bond acceptors (Lipinski definition) is 4. The van der Waals surface area contributed by atoms with Gasteiger partial charge in [-0.15, -0.1) is 0 Å². The second-order valence-electron chi connectivity index (χ2n) is 10.1. The molecule has 0 fully saturated rings. The van der Waals surface area contributed by atoms with Crippen molar-refractivity contribution in [3.05, 3.63) is 94.5 Å². The Hall–Kier alpha value is -3.36. The molecule has 2 atom stereocenters. The predicted octanol–water partition coefficient (Wildman–Crippen LogP) is 5.53. The predicted molar refractivity (Wildman–Crippen MR) is 161 cm³/mol. The first-order valence-corrected chi connectivity index (χ1v) is 15.2. The van der Waals surface area contributed by atoms with Crippen LogP contribution in [0.1, 0.15) is 43.9 Å². The van der Waals surface area contributed by atoms with Crippen LogP contribution in [0.3, 0.4) is 0 Å². The first-order chi connectivity index (χ1) is 18.9. The highest BCUT2D eigenvalue weighted by atomic mass is 35.5. The average Bonchev–Trinajstić information content (AvgIpc) is 2.93. The zero-order valence-electron chi connectivity index (χ0n) is 23.7. The Balaban J connectivity index is 2.01. The molecular weight excluding hydrogens is 546 g/mol. The summed E-state index contributed by atoms with van der Waals surface area (Å²) in [6.45, 7) is 8.92. The smallest absolute Gasteiger partial charge is 0.264 e. The van der Waals surface area contributed by atoms with Crippen LogP contribution in [0, 0.1) is 13.8 Å². The fraction of sp³-hybridized carbons (Fsp3) is 0.355. The Labute approximate surface area is 243 Å². The number of anilines is 1. The maximum Gasteiger partial charge on any atom is 0.264 e. The monoisotopic (exact) mass is 583 g/mol. The molecule has 0 aliphatic rings. The number of halogens is 1. The molecule has 0 radical (unpaired) electrons. The third-order valence-electron chi connectivity index (χ3n) is 6.98. The fourth-order valence-corrected chi connectivity index (χ4v) is 5.87. The van der Waals surface area contributed by atoms with Crippen molar-refractivity contribution in [1.82, 2.24) is 10.2 Å². The van der Waals surface area contributed by atoms with Crippen LogP contribution in [0.5, 0.6) is 0 Å². The Bertz CT molecular complexity index is 1410. The molecule has 1 N–H and O–H groups in total. The van der Waals surface area contributed by atoms with Gasteiger partial charge in [0.25, 0.3) is 10.0 Å². The molecule has 0 bridgehead atoms. The van der Waals surface area contributed by atoms with E-state index < -0.39 is 28.5 Å². The van der Waals surface area contributed by atoms with Crippen LogP contribution >= 0.6 is 11.6 Å². The van der Waals surface area contributed by atoms with Gasteiger partial charge in [0.15, 0.2) is 0 Å². The molecule has 0 spiro atoms. The number of hydrogen-bond donors (Lipinski definition) is 1. The van der Waals surface area contributed by atoms with Crippen molar-refractivity contribution in [2.75, 3.05) is 17.4 Å². The summed E-state index contributed by atoms with van der Waals surface area (Å²) in [6.07, 6.45) is 1.25. The van der Waals surface area contributed by atoms with Gasteiger partial charge in [-0.05, 0) is 75.9 Å². The van der Waals surface area contributed by atoms with E-state index in [0.29, 0.717) is 22.7 Å². The quantitative estimate of drug-likeness (QED) is 0.304. The first kappa shape index (κ1) is 31.2. The zero-order valence-corrected chi connectivity index (χ0v) is 25.3. The number of carbonyl (C=O) groups excluding carboxylic acids is 2. The molecule has 0 aliphatic carbocycles.